The smallest absolute Gasteiger partial charge is 0.0581 e. The number of hydrogen-bond acceptors (Lipinski definition) is 2. The van der Waals surface area contributed by atoms with Gasteiger partial charge in [-0.2, -0.15) is 0 Å². The first kappa shape index (κ1) is 16.4. The van der Waals surface area contributed by atoms with E-state index in [2.05, 4.69) is 37.3 Å². The number of nitrogens with two attached hydrogens (primary N) is 1. The first-order valence-electron chi connectivity index (χ1n) is 8.39. The van der Waals surface area contributed by atoms with E-state index in [-0.39, 0.29) is 0 Å². The molecule has 0 spiro atoms. The van der Waals surface area contributed by atoms with Gasteiger partial charge in [0.2, 0.25) is 0 Å². The van der Waals surface area contributed by atoms with Crippen LogP contribution in [0.3, 0.4) is 0 Å². The van der Waals surface area contributed by atoms with Crippen LogP contribution in [0.25, 0.3) is 5.70 Å². The molecule has 122 valence electrons. The Kier molecular flexibility index (Phi) is 4.93. The van der Waals surface area contributed by atoms with Gasteiger partial charge >= 0.3 is 0 Å². The highest BCUT2D eigenvalue weighted by atomic mass is 35.5. The number of hydrogen-bond donors (Lipinski definition) is 1. The Morgan fingerprint density at radius 1 is 1.30 bits per heavy atom. The summed E-state index contributed by atoms with van der Waals surface area (Å²) in [7, 11) is 1.93. The second-order valence-corrected chi connectivity index (χ2v) is 7.11. The number of halogens is 1. The van der Waals surface area contributed by atoms with E-state index in [9.17, 15) is 0 Å². The van der Waals surface area contributed by atoms with Crippen molar-refractivity contribution in [1.29, 1.82) is 0 Å². The molecule has 1 atom stereocenters. The summed E-state index contributed by atoms with van der Waals surface area (Å²) in [5.41, 5.74) is 6.69. The van der Waals surface area contributed by atoms with Gasteiger partial charge in [0.05, 0.1) is 5.70 Å². The second kappa shape index (κ2) is 6.94. The van der Waals surface area contributed by atoms with Gasteiger partial charge in [-0.15, -0.1) is 0 Å². The minimum absolute atomic E-state index is 0.664. The molecule has 0 aliphatic heterocycles. The van der Waals surface area contributed by atoms with Gasteiger partial charge in [0.1, 0.15) is 0 Å². The van der Waals surface area contributed by atoms with Gasteiger partial charge in [-0.3, -0.25) is 0 Å². The van der Waals surface area contributed by atoms with Gasteiger partial charge in [-0.05, 0) is 68.2 Å². The molecule has 0 amide bonds. The number of aryl methyl sites for hydroxylation is 1. The zero-order chi connectivity index (χ0) is 16.4. The third-order valence-corrected chi connectivity index (χ3v) is 5.30. The largest absolute Gasteiger partial charge is 0.314 e. The molecule has 1 aromatic carbocycles. The molecule has 0 fully saturated rings. The van der Waals surface area contributed by atoms with E-state index in [0.717, 1.165) is 30.7 Å². The molecule has 0 bridgehead atoms. The number of fused-ring (bicyclic) bond motifs is 1. The molecule has 0 aromatic heterocycles. The van der Waals surface area contributed by atoms with E-state index in [0.29, 0.717) is 5.92 Å². The molecule has 3 rings (SSSR count). The molecule has 23 heavy (non-hydrogen) atoms. The van der Waals surface area contributed by atoms with E-state index in [1.165, 1.54) is 34.4 Å². The molecule has 1 unspecified atom stereocenters. The third kappa shape index (κ3) is 3.54. The van der Waals surface area contributed by atoms with Crippen LogP contribution in [0.4, 0.5) is 0 Å². The number of benzene rings is 1. The highest BCUT2D eigenvalue weighted by Gasteiger charge is 2.22. The van der Waals surface area contributed by atoms with Crippen LogP contribution in [0.2, 0.25) is 5.02 Å². The molecule has 3 heteroatoms. The molecule has 2 nitrogen and oxygen atoms in total. The van der Waals surface area contributed by atoms with Crippen molar-refractivity contribution in [2.75, 3.05) is 7.05 Å². The van der Waals surface area contributed by atoms with Crippen molar-refractivity contribution in [3.63, 3.8) is 0 Å². The topological polar surface area (TPSA) is 29.3 Å². The van der Waals surface area contributed by atoms with Crippen LogP contribution in [-0.4, -0.2) is 12.1 Å². The fourth-order valence-electron chi connectivity index (χ4n) is 3.74. The molecule has 0 saturated heterocycles. The zero-order valence-corrected chi connectivity index (χ0v) is 14.7. The SMILES string of the molecule is CC1=CC=CCC1CCC1=C(N(C)N)c2cc(Cl)ccc2CC1. The van der Waals surface area contributed by atoms with E-state index in [1.807, 2.05) is 13.1 Å². The third-order valence-electron chi connectivity index (χ3n) is 5.07. The summed E-state index contributed by atoms with van der Waals surface area (Å²) < 4.78 is 0. The molecule has 0 heterocycles. The van der Waals surface area contributed by atoms with Crippen LogP contribution < -0.4 is 5.84 Å². The second-order valence-electron chi connectivity index (χ2n) is 6.67. The van der Waals surface area contributed by atoms with Crippen molar-refractivity contribution < 1.29 is 0 Å². The summed E-state index contributed by atoms with van der Waals surface area (Å²) in [5.74, 6) is 6.83. The Morgan fingerprint density at radius 2 is 2.13 bits per heavy atom. The van der Waals surface area contributed by atoms with Crippen LogP contribution in [0.5, 0.6) is 0 Å². The number of nitrogens with zero attached hydrogens (tertiary/aromatic N) is 1. The lowest BCUT2D eigenvalue weighted by Gasteiger charge is -2.29. The van der Waals surface area contributed by atoms with Crippen LogP contribution in [0, 0.1) is 5.92 Å². The number of allylic oxidation sites excluding steroid dienone is 5. The molecule has 2 aliphatic rings. The Labute approximate surface area is 144 Å². The van der Waals surface area contributed by atoms with Crippen LogP contribution in [-0.2, 0) is 6.42 Å². The van der Waals surface area contributed by atoms with E-state index >= 15 is 0 Å². The van der Waals surface area contributed by atoms with Gasteiger partial charge in [0.15, 0.2) is 0 Å². The lowest BCUT2D eigenvalue weighted by Crippen LogP contribution is -2.28. The Balaban J connectivity index is 1.85. The van der Waals surface area contributed by atoms with Gasteiger partial charge in [-0.1, -0.05) is 41.5 Å². The van der Waals surface area contributed by atoms with Crippen LogP contribution in [0.15, 0.2) is 47.6 Å². The van der Waals surface area contributed by atoms with Gasteiger partial charge < -0.3 is 5.01 Å². The lowest BCUT2D eigenvalue weighted by molar-refractivity contribution is 0.491. The van der Waals surface area contributed by atoms with Crippen LogP contribution in [0.1, 0.15) is 43.7 Å². The van der Waals surface area contributed by atoms with Crippen molar-refractivity contribution in [1.82, 2.24) is 5.01 Å². The zero-order valence-electron chi connectivity index (χ0n) is 14.0. The summed E-state index contributed by atoms with van der Waals surface area (Å²) >= 11 is 6.22. The lowest BCUT2D eigenvalue weighted by atomic mass is 9.83. The van der Waals surface area contributed by atoms with Gasteiger partial charge in [0, 0.05) is 17.6 Å². The fraction of sp³-hybridized carbons (Fsp3) is 0.400. The molecule has 1 aromatic rings. The quantitative estimate of drug-likeness (QED) is 0.615. The summed E-state index contributed by atoms with van der Waals surface area (Å²) in [6.45, 7) is 2.24. The monoisotopic (exact) mass is 328 g/mol. The summed E-state index contributed by atoms with van der Waals surface area (Å²) in [6, 6.07) is 6.17. The highest BCUT2D eigenvalue weighted by molar-refractivity contribution is 6.30. The average Bonchev–Trinajstić information content (AvgIpc) is 2.53. The maximum Gasteiger partial charge on any atom is 0.0581 e. The van der Waals surface area contributed by atoms with Gasteiger partial charge in [0.25, 0.3) is 0 Å². The maximum absolute atomic E-state index is 6.22. The minimum atomic E-state index is 0.664. The summed E-state index contributed by atoms with van der Waals surface area (Å²) in [4.78, 5) is 0. The minimum Gasteiger partial charge on any atom is -0.314 e. The predicted molar refractivity (Wildman–Crippen MR) is 98.9 cm³/mol. The Hall–Kier alpha value is -1.51. The summed E-state index contributed by atoms with van der Waals surface area (Å²) in [5, 5.41) is 2.55. The molecule has 2 aliphatic carbocycles. The molecule has 0 radical (unpaired) electrons. The van der Waals surface area contributed by atoms with Crippen molar-refractivity contribution in [2.45, 2.75) is 39.0 Å². The molecular formula is C20H25ClN2. The van der Waals surface area contributed by atoms with Crippen molar-refractivity contribution in [2.24, 2.45) is 11.8 Å². The van der Waals surface area contributed by atoms with E-state index < -0.39 is 0 Å². The number of hydrazine groups is 1. The first-order valence-corrected chi connectivity index (χ1v) is 8.76. The first-order chi connectivity index (χ1) is 11.1. The number of rotatable bonds is 4. The summed E-state index contributed by atoms with van der Waals surface area (Å²) in [6.07, 6.45) is 12.3. The van der Waals surface area contributed by atoms with Crippen molar-refractivity contribution >= 4 is 17.3 Å². The Bertz CT molecular complexity index is 683. The maximum atomic E-state index is 6.22. The molecule has 2 N–H and O–H groups in total. The molecular weight excluding hydrogens is 304 g/mol. The van der Waals surface area contributed by atoms with Crippen molar-refractivity contribution in [3.05, 3.63) is 63.7 Å². The average molecular weight is 329 g/mol. The Morgan fingerprint density at radius 3 is 2.87 bits per heavy atom. The predicted octanol–water partition coefficient (Wildman–Crippen LogP) is 5.11. The van der Waals surface area contributed by atoms with E-state index in [4.69, 9.17) is 17.4 Å². The van der Waals surface area contributed by atoms with E-state index in [1.54, 1.807) is 5.01 Å². The normalized spacial score (nSPS) is 20.3. The van der Waals surface area contributed by atoms with Gasteiger partial charge in [-0.25, -0.2) is 5.84 Å². The standard InChI is InChI=1S/C20H25ClN2/c1-14-5-3-4-6-15(14)7-9-17-10-8-16-11-12-18(21)13-19(16)20(17)23(2)22/h3-5,11-13,15H,6-10,22H2,1-2H3. The fourth-order valence-corrected chi connectivity index (χ4v) is 3.92. The molecule has 0 saturated carbocycles. The highest BCUT2D eigenvalue weighted by Crippen LogP contribution is 2.37. The van der Waals surface area contributed by atoms with Crippen molar-refractivity contribution in [3.8, 4) is 0 Å². The van der Waals surface area contributed by atoms with Crippen LogP contribution >= 0.6 is 11.6 Å².